The fourth-order valence-corrected chi connectivity index (χ4v) is 3.10. The van der Waals surface area contributed by atoms with Crippen molar-refractivity contribution in [1.82, 2.24) is 19.9 Å². The number of fused-ring (bicyclic) bond motifs is 1. The number of rotatable bonds is 6. The number of anilines is 1. The summed E-state index contributed by atoms with van der Waals surface area (Å²) >= 11 is 0. The van der Waals surface area contributed by atoms with E-state index in [0.29, 0.717) is 34.9 Å². The molecule has 1 aliphatic carbocycles. The molecule has 28 heavy (non-hydrogen) atoms. The average molecular weight is 377 g/mol. The monoisotopic (exact) mass is 377 g/mol. The Balaban J connectivity index is 1.54. The van der Waals surface area contributed by atoms with E-state index in [1.54, 1.807) is 30.7 Å². The minimum atomic E-state index is -0.274. The molecule has 1 aliphatic rings. The highest BCUT2D eigenvalue weighted by atomic mass is 16.2. The molecule has 2 amide bonds. The Morgan fingerprint density at radius 1 is 1.14 bits per heavy atom. The van der Waals surface area contributed by atoms with E-state index in [1.165, 1.54) is 0 Å². The van der Waals surface area contributed by atoms with Crippen LogP contribution in [0.15, 0.2) is 36.8 Å². The molecule has 3 aromatic rings. The first-order chi connectivity index (χ1) is 13.6. The van der Waals surface area contributed by atoms with Crippen LogP contribution in [0.2, 0.25) is 0 Å². The molecular formula is C21H23N5O2. The number of aromatic nitrogens is 3. The summed E-state index contributed by atoms with van der Waals surface area (Å²) in [5, 5.41) is 5.74. The first kappa shape index (κ1) is 18.2. The highest BCUT2D eigenvalue weighted by Crippen LogP contribution is 2.36. The van der Waals surface area contributed by atoms with Gasteiger partial charge in [-0.15, -0.1) is 0 Å². The van der Waals surface area contributed by atoms with Crippen LogP contribution in [0.1, 0.15) is 58.5 Å². The molecule has 1 saturated carbocycles. The highest BCUT2D eigenvalue weighted by Gasteiger charge is 2.25. The number of imidazole rings is 1. The van der Waals surface area contributed by atoms with Gasteiger partial charge in [-0.1, -0.05) is 13.0 Å². The maximum absolute atomic E-state index is 12.7. The van der Waals surface area contributed by atoms with Gasteiger partial charge in [-0.2, -0.15) is 0 Å². The maximum atomic E-state index is 12.7. The Morgan fingerprint density at radius 3 is 2.71 bits per heavy atom. The van der Waals surface area contributed by atoms with Gasteiger partial charge in [0.1, 0.15) is 5.52 Å². The van der Waals surface area contributed by atoms with E-state index in [4.69, 9.17) is 0 Å². The topological polar surface area (TPSA) is 88.9 Å². The molecule has 7 nitrogen and oxygen atoms in total. The summed E-state index contributed by atoms with van der Waals surface area (Å²) in [7, 11) is 0. The van der Waals surface area contributed by atoms with Crippen molar-refractivity contribution in [3.8, 4) is 0 Å². The molecular weight excluding hydrogens is 354 g/mol. The second-order valence-corrected chi connectivity index (χ2v) is 7.19. The molecule has 0 aliphatic heterocycles. The molecule has 144 valence electrons. The van der Waals surface area contributed by atoms with Crippen LogP contribution in [0.5, 0.6) is 0 Å². The van der Waals surface area contributed by atoms with Crippen LogP contribution in [0, 0.1) is 6.92 Å². The highest BCUT2D eigenvalue weighted by molar-refractivity contribution is 6.06. The van der Waals surface area contributed by atoms with E-state index >= 15 is 0 Å². The van der Waals surface area contributed by atoms with Crippen molar-refractivity contribution in [1.29, 1.82) is 0 Å². The summed E-state index contributed by atoms with van der Waals surface area (Å²) in [5.74, 6) is -0.421. The van der Waals surface area contributed by atoms with Crippen LogP contribution >= 0.6 is 0 Å². The summed E-state index contributed by atoms with van der Waals surface area (Å²) in [5.41, 5.74) is 3.97. The van der Waals surface area contributed by atoms with Crippen molar-refractivity contribution >= 4 is 28.7 Å². The smallest absolute Gasteiger partial charge is 0.257 e. The molecule has 0 bridgehead atoms. The van der Waals surface area contributed by atoms with Gasteiger partial charge in [0.05, 0.1) is 11.9 Å². The van der Waals surface area contributed by atoms with Crippen LogP contribution in [0.4, 0.5) is 5.69 Å². The zero-order valence-corrected chi connectivity index (χ0v) is 16.0. The van der Waals surface area contributed by atoms with E-state index < -0.39 is 0 Å². The molecule has 1 aromatic carbocycles. The second-order valence-electron chi connectivity index (χ2n) is 7.19. The van der Waals surface area contributed by atoms with Gasteiger partial charge in [0.2, 0.25) is 0 Å². The van der Waals surface area contributed by atoms with E-state index in [1.807, 2.05) is 19.9 Å². The van der Waals surface area contributed by atoms with E-state index in [0.717, 1.165) is 30.5 Å². The van der Waals surface area contributed by atoms with Gasteiger partial charge in [-0.05, 0) is 49.9 Å². The Bertz CT molecular complexity index is 1050. The largest absolute Gasteiger partial charge is 0.352 e. The predicted molar refractivity (Wildman–Crippen MR) is 108 cm³/mol. The summed E-state index contributed by atoms with van der Waals surface area (Å²) in [6, 6.07) is 7.53. The summed E-state index contributed by atoms with van der Waals surface area (Å²) in [6.45, 7) is 4.51. The van der Waals surface area contributed by atoms with E-state index in [9.17, 15) is 9.59 Å². The standard InChI is InChI=1S/C21H23N5O2/c1-3-8-22-20(27)14-5-4-13(2)17(9-14)25-21(28)15-10-18-19(23-11-15)26(12-24-18)16-6-7-16/h4-5,9-12,16H,3,6-8H2,1-2H3,(H,22,27)(H,25,28). The van der Waals surface area contributed by atoms with Gasteiger partial charge >= 0.3 is 0 Å². The van der Waals surface area contributed by atoms with Crippen LogP contribution in [-0.2, 0) is 0 Å². The second kappa shape index (κ2) is 7.42. The number of pyridine rings is 1. The van der Waals surface area contributed by atoms with E-state index in [-0.39, 0.29) is 11.8 Å². The first-order valence-electron chi connectivity index (χ1n) is 9.59. The number of aryl methyl sites for hydroxylation is 1. The van der Waals surface area contributed by atoms with Crippen LogP contribution < -0.4 is 10.6 Å². The number of carbonyl (C=O) groups is 2. The Kier molecular flexibility index (Phi) is 4.81. The first-order valence-corrected chi connectivity index (χ1v) is 9.59. The molecule has 7 heteroatoms. The average Bonchev–Trinajstić information content (AvgIpc) is 3.46. The number of hydrogen-bond donors (Lipinski definition) is 2. The number of nitrogens with zero attached hydrogens (tertiary/aromatic N) is 3. The lowest BCUT2D eigenvalue weighted by Crippen LogP contribution is -2.24. The summed E-state index contributed by atoms with van der Waals surface area (Å²) < 4.78 is 2.07. The van der Waals surface area contributed by atoms with Crippen LogP contribution in [0.3, 0.4) is 0 Å². The molecule has 0 saturated heterocycles. The minimum Gasteiger partial charge on any atom is -0.352 e. The Labute approximate surface area is 163 Å². The zero-order valence-electron chi connectivity index (χ0n) is 16.0. The van der Waals surface area contributed by atoms with Gasteiger partial charge in [-0.3, -0.25) is 9.59 Å². The summed E-state index contributed by atoms with van der Waals surface area (Å²) in [4.78, 5) is 33.7. The SMILES string of the molecule is CCCNC(=O)c1ccc(C)c(NC(=O)c2cnc3c(c2)ncn3C2CC2)c1. The normalized spacial score (nSPS) is 13.5. The van der Waals surface area contributed by atoms with Crippen molar-refractivity contribution in [2.24, 2.45) is 0 Å². The molecule has 0 atom stereocenters. The van der Waals surface area contributed by atoms with Gasteiger partial charge in [0, 0.05) is 30.0 Å². The fourth-order valence-electron chi connectivity index (χ4n) is 3.10. The maximum Gasteiger partial charge on any atom is 0.257 e. The molecule has 2 N–H and O–H groups in total. The fraction of sp³-hybridized carbons (Fsp3) is 0.333. The number of amides is 2. The number of carbonyl (C=O) groups excluding carboxylic acids is 2. The minimum absolute atomic E-state index is 0.147. The van der Waals surface area contributed by atoms with Gasteiger partial charge < -0.3 is 15.2 Å². The van der Waals surface area contributed by atoms with E-state index in [2.05, 4.69) is 25.2 Å². The Hall–Kier alpha value is -3.22. The third-order valence-corrected chi connectivity index (χ3v) is 4.90. The molecule has 4 rings (SSSR count). The van der Waals surface area contributed by atoms with Crippen molar-refractivity contribution in [2.75, 3.05) is 11.9 Å². The molecule has 2 heterocycles. The lowest BCUT2D eigenvalue weighted by Gasteiger charge is -2.11. The third kappa shape index (κ3) is 3.60. The van der Waals surface area contributed by atoms with Gasteiger partial charge in [0.25, 0.3) is 11.8 Å². The van der Waals surface area contributed by atoms with Crippen molar-refractivity contribution < 1.29 is 9.59 Å². The lowest BCUT2D eigenvalue weighted by atomic mass is 10.1. The van der Waals surface area contributed by atoms with Crippen LogP contribution in [0.25, 0.3) is 11.2 Å². The molecule has 0 spiro atoms. The van der Waals surface area contributed by atoms with Gasteiger partial charge in [0.15, 0.2) is 5.65 Å². The van der Waals surface area contributed by atoms with Crippen LogP contribution in [-0.4, -0.2) is 32.9 Å². The van der Waals surface area contributed by atoms with Crippen molar-refractivity contribution in [3.05, 3.63) is 53.5 Å². The molecule has 2 aromatic heterocycles. The number of nitrogens with one attached hydrogen (secondary N) is 2. The summed E-state index contributed by atoms with van der Waals surface area (Å²) in [6.07, 6.45) is 6.53. The Morgan fingerprint density at radius 2 is 1.96 bits per heavy atom. The quantitative estimate of drug-likeness (QED) is 0.688. The lowest BCUT2D eigenvalue weighted by molar-refractivity contribution is 0.0952. The molecule has 1 fully saturated rings. The number of hydrogen-bond acceptors (Lipinski definition) is 4. The van der Waals surface area contributed by atoms with Crippen molar-refractivity contribution in [2.45, 2.75) is 39.2 Å². The molecule has 0 unspecified atom stereocenters. The zero-order chi connectivity index (χ0) is 19.7. The molecule has 0 radical (unpaired) electrons. The third-order valence-electron chi connectivity index (χ3n) is 4.90. The number of benzene rings is 1. The van der Waals surface area contributed by atoms with Gasteiger partial charge in [-0.25, -0.2) is 9.97 Å². The predicted octanol–water partition coefficient (Wildman–Crippen LogP) is 3.47. The van der Waals surface area contributed by atoms with Crippen molar-refractivity contribution in [3.63, 3.8) is 0 Å².